The smallest absolute Gasteiger partial charge is 0.237 e. The molecule has 2 rings (SSSR count). The van der Waals surface area contributed by atoms with E-state index in [0.29, 0.717) is 16.8 Å². The summed E-state index contributed by atoms with van der Waals surface area (Å²) in [4.78, 5) is 12.5. The van der Waals surface area contributed by atoms with Crippen molar-refractivity contribution in [3.63, 3.8) is 0 Å². The lowest BCUT2D eigenvalue weighted by Gasteiger charge is -2.08. The number of hydrazone groups is 1. The molecule has 0 atom stereocenters. The minimum Gasteiger partial charge on any atom is -0.289 e. The van der Waals surface area contributed by atoms with Crippen LogP contribution in [0.1, 0.15) is 21.5 Å². The van der Waals surface area contributed by atoms with Crippen molar-refractivity contribution in [1.82, 2.24) is 0 Å². The van der Waals surface area contributed by atoms with E-state index in [-0.39, 0.29) is 11.5 Å². The van der Waals surface area contributed by atoms with Gasteiger partial charge in [0.15, 0.2) is 5.78 Å². The Hall–Kier alpha value is -3.44. The molecule has 0 aliphatic heterocycles. The maximum atomic E-state index is 12.5. The van der Waals surface area contributed by atoms with Gasteiger partial charge in [0.2, 0.25) is 5.71 Å². The Morgan fingerprint density at radius 2 is 1.68 bits per heavy atom. The van der Waals surface area contributed by atoms with E-state index in [1.54, 1.807) is 48.5 Å². The van der Waals surface area contributed by atoms with Gasteiger partial charge in [-0.05, 0) is 19.1 Å². The summed E-state index contributed by atoms with van der Waals surface area (Å²) in [6.45, 7) is 1.95. The number of para-hydroxylation sites is 1. The molecule has 0 amide bonds. The average Bonchev–Trinajstić information content (AvgIpc) is 2.56. The van der Waals surface area contributed by atoms with Gasteiger partial charge in [-0.3, -0.25) is 10.2 Å². The largest absolute Gasteiger partial charge is 0.289 e. The highest BCUT2D eigenvalue weighted by Crippen LogP contribution is 2.19. The van der Waals surface area contributed by atoms with E-state index in [1.165, 1.54) is 0 Å². The van der Waals surface area contributed by atoms with Gasteiger partial charge in [0.05, 0.1) is 5.69 Å². The number of benzene rings is 2. The molecule has 0 aliphatic carbocycles. The van der Waals surface area contributed by atoms with Crippen LogP contribution < -0.4 is 5.43 Å². The third kappa shape index (κ3) is 3.36. The normalized spacial score (nSPS) is 9.23. The van der Waals surface area contributed by atoms with Crippen molar-refractivity contribution >= 4 is 17.2 Å². The molecule has 2 aromatic rings. The number of nitrogens with zero attached hydrogens (tertiary/aromatic N) is 3. The van der Waals surface area contributed by atoms with Crippen molar-refractivity contribution in [1.29, 1.82) is 10.5 Å². The molecule has 5 nitrogen and oxygen atoms in total. The average molecular weight is 288 g/mol. The first-order valence-electron chi connectivity index (χ1n) is 6.50. The molecule has 0 aliphatic rings. The van der Waals surface area contributed by atoms with E-state index in [1.807, 2.05) is 19.1 Å². The SMILES string of the molecule is Cc1ccc(C(=O)c2ccccc2NN=C(C#N)C#N)cc1. The standard InChI is InChI=1S/C17H12N4O/c1-12-6-8-13(9-7-12)17(22)15-4-2-3-5-16(15)21-20-14(10-18)11-19/h2-9,21H,1H3. The Labute approximate surface area is 128 Å². The number of nitrogens with one attached hydrogen (secondary N) is 1. The molecule has 0 fully saturated rings. The minimum absolute atomic E-state index is 0.159. The van der Waals surface area contributed by atoms with Crippen LogP contribution in [0, 0.1) is 29.6 Å². The number of hydrogen-bond acceptors (Lipinski definition) is 5. The lowest BCUT2D eigenvalue weighted by molar-refractivity contribution is 0.103. The van der Waals surface area contributed by atoms with Gasteiger partial charge in [0, 0.05) is 11.1 Å². The van der Waals surface area contributed by atoms with Crippen LogP contribution in [0.15, 0.2) is 53.6 Å². The van der Waals surface area contributed by atoms with E-state index < -0.39 is 0 Å². The first-order valence-corrected chi connectivity index (χ1v) is 6.50. The molecule has 0 spiro atoms. The van der Waals surface area contributed by atoms with Crippen molar-refractivity contribution < 1.29 is 4.79 Å². The topological polar surface area (TPSA) is 89.0 Å². The first-order chi connectivity index (χ1) is 10.7. The second-order valence-corrected chi connectivity index (χ2v) is 4.54. The minimum atomic E-state index is -0.308. The van der Waals surface area contributed by atoms with E-state index in [4.69, 9.17) is 10.5 Å². The van der Waals surface area contributed by atoms with E-state index >= 15 is 0 Å². The predicted molar refractivity (Wildman–Crippen MR) is 83.3 cm³/mol. The van der Waals surface area contributed by atoms with Crippen LogP contribution in [0.3, 0.4) is 0 Å². The third-order valence-electron chi connectivity index (χ3n) is 2.99. The lowest BCUT2D eigenvalue weighted by Crippen LogP contribution is -2.06. The second-order valence-electron chi connectivity index (χ2n) is 4.54. The van der Waals surface area contributed by atoms with Crippen LogP contribution in [0.4, 0.5) is 5.69 Å². The molecular weight excluding hydrogens is 276 g/mol. The molecule has 22 heavy (non-hydrogen) atoms. The van der Waals surface area contributed by atoms with Gasteiger partial charge in [-0.25, -0.2) is 0 Å². The summed E-state index contributed by atoms with van der Waals surface area (Å²) in [6.07, 6.45) is 0. The summed E-state index contributed by atoms with van der Waals surface area (Å²) in [7, 11) is 0. The molecule has 0 bridgehead atoms. The predicted octanol–water partition coefficient (Wildman–Crippen LogP) is 3.04. The highest BCUT2D eigenvalue weighted by atomic mass is 16.1. The molecule has 0 saturated carbocycles. The van der Waals surface area contributed by atoms with Crippen molar-refractivity contribution in [2.75, 3.05) is 5.43 Å². The number of carbonyl (C=O) groups excluding carboxylic acids is 1. The van der Waals surface area contributed by atoms with Gasteiger partial charge >= 0.3 is 0 Å². The van der Waals surface area contributed by atoms with Gasteiger partial charge in [-0.2, -0.15) is 15.6 Å². The van der Waals surface area contributed by atoms with Gasteiger partial charge in [0.25, 0.3) is 0 Å². The summed E-state index contributed by atoms with van der Waals surface area (Å²) >= 11 is 0. The number of hydrogen-bond donors (Lipinski definition) is 1. The van der Waals surface area contributed by atoms with Crippen LogP contribution in [-0.4, -0.2) is 11.5 Å². The molecule has 0 saturated heterocycles. The van der Waals surface area contributed by atoms with Crippen molar-refractivity contribution in [3.05, 3.63) is 65.2 Å². The number of rotatable bonds is 4. The molecular formula is C17H12N4O. The molecule has 0 radical (unpaired) electrons. The Kier molecular flexibility index (Phi) is 4.64. The number of nitriles is 2. The van der Waals surface area contributed by atoms with Crippen LogP contribution in [-0.2, 0) is 0 Å². The quantitative estimate of drug-likeness (QED) is 0.532. The van der Waals surface area contributed by atoms with Crippen LogP contribution in [0.5, 0.6) is 0 Å². The van der Waals surface area contributed by atoms with Crippen LogP contribution in [0.2, 0.25) is 0 Å². The fraction of sp³-hybridized carbons (Fsp3) is 0.0588. The van der Waals surface area contributed by atoms with E-state index in [9.17, 15) is 4.79 Å². The summed E-state index contributed by atoms with van der Waals surface area (Å²) in [6, 6.07) is 17.4. The second kappa shape index (κ2) is 6.83. The van der Waals surface area contributed by atoms with Gasteiger partial charge < -0.3 is 0 Å². The van der Waals surface area contributed by atoms with E-state index in [2.05, 4.69) is 10.5 Å². The van der Waals surface area contributed by atoms with Crippen molar-refractivity contribution in [2.24, 2.45) is 5.10 Å². The highest BCUT2D eigenvalue weighted by molar-refractivity contribution is 6.13. The van der Waals surface area contributed by atoms with Crippen LogP contribution >= 0.6 is 0 Å². The summed E-state index contributed by atoms with van der Waals surface area (Å²) in [5, 5.41) is 21.0. The summed E-state index contributed by atoms with van der Waals surface area (Å²) < 4.78 is 0. The van der Waals surface area contributed by atoms with Gasteiger partial charge in [0.1, 0.15) is 12.1 Å². The fourth-order valence-electron chi connectivity index (χ4n) is 1.83. The van der Waals surface area contributed by atoms with Gasteiger partial charge in [-0.1, -0.05) is 42.0 Å². The molecule has 1 N–H and O–H groups in total. The number of ketones is 1. The molecule has 0 heterocycles. The Balaban J connectivity index is 2.35. The Morgan fingerprint density at radius 1 is 1.05 bits per heavy atom. The lowest BCUT2D eigenvalue weighted by atomic mass is 10.0. The maximum Gasteiger partial charge on any atom is 0.237 e. The van der Waals surface area contributed by atoms with Crippen molar-refractivity contribution in [3.8, 4) is 12.1 Å². The number of anilines is 1. The zero-order chi connectivity index (χ0) is 15.9. The molecule has 5 heteroatoms. The zero-order valence-electron chi connectivity index (χ0n) is 11.9. The van der Waals surface area contributed by atoms with E-state index in [0.717, 1.165) is 5.56 Å². The highest BCUT2D eigenvalue weighted by Gasteiger charge is 2.13. The Bertz CT molecular complexity index is 792. The fourth-order valence-corrected chi connectivity index (χ4v) is 1.83. The molecule has 0 aromatic heterocycles. The third-order valence-corrected chi connectivity index (χ3v) is 2.99. The first kappa shape index (κ1) is 15.0. The zero-order valence-corrected chi connectivity index (χ0v) is 11.9. The van der Waals surface area contributed by atoms with Crippen molar-refractivity contribution in [2.45, 2.75) is 6.92 Å². The summed E-state index contributed by atoms with van der Waals surface area (Å²) in [5.41, 5.74) is 4.78. The monoisotopic (exact) mass is 288 g/mol. The van der Waals surface area contributed by atoms with Gasteiger partial charge in [-0.15, -0.1) is 0 Å². The molecule has 106 valence electrons. The number of carbonyl (C=O) groups is 1. The maximum absolute atomic E-state index is 12.5. The summed E-state index contributed by atoms with van der Waals surface area (Å²) in [5.74, 6) is -0.159. The molecule has 2 aromatic carbocycles. The number of aryl methyl sites for hydroxylation is 1. The molecule has 0 unspecified atom stereocenters. The van der Waals surface area contributed by atoms with Crippen LogP contribution in [0.25, 0.3) is 0 Å². The Morgan fingerprint density at radius 3 is 2.32 bits per heavy atom.